The van der Waals surface area contributed by atoms with Crippen LogP contribution in [-0.4, -0.2) is 26.8 Å². The quantitative estimate of drug-likeness (QED) is 0.872. The molecule has 2 aromatic heterocycles. The Morgan fingerprint density at radius 3 is 2.76 bits per heavy atom. The third kappa shape index (κ3) is 2.27. The highest BCUT2D eigenvalue weighted by Gasteiger charge is 2.13. The Balaban J connectivity index is 2.52. The summed E-state index contributed by atoms with van der Waals surface area (Å²) in [5.41, 5.74) is 2.96. The molecule has 0 unspecified atom stereocenters. The zero-order chi connectivity index (χ0) is 12.3. The van der Waals surface area contributed by atoms with Crippen LogP contribution in [0.1, 0.15) is 18.9 Å². The molecule has 0 amide bonds. The van der Waals surface area contributed by atoms with Crippen molar-refractivity contribution in [2.75, 3.05) is 12.4 Å². The molecule has 0 aliphatic rings. The zero-order valence-electron chi connectivity index (χ0n) is 10.4. The Bertz CT molecular complexity index is 503. The monoisotopic (exact) mass is 231 g/mol. The molecule has 0 aromatic carbocycles. The summed E-state index contributed by atoms with van der Waals surface area (Å²) < 4.78 is 1.78. The van der Waals surface area contributed by atoms with Crippen LogP contribution in [0.25, 0.3) is 11.4 Å². The summed E-state index contributed by atoms with van der Waals surface area (Å²) in [6.07, 6.45) is 5.51. The van der Waals surface area contributed by atoms with Crippen molar-refractivity contribution in [3.05, 3.63) is 24.2 Å². The fourth-order valence-corrected chi connectivity index (χ4v) is 1.88. The third-order valence-corrected chi connectivity index (χ3v) is 2.64. The Morgan fingerprint density at radius 1 is 1.35 bits per heavy atom. The van der Waals surface area contributed by atoms with Crippen LogP contribution in [0.4, 0.5) is 5.82 Å². The maximum absolute atomic E-state index is 4.40. The normalized spacial score (nSPS) is 10.5. The molecular weight excluding hydrogens is 214 g/mol. The number of aromatic nitrogens is 4. The molecule has 2 heterocycles. The molecule has 90 valence electrons. The molecule has 5 nitrogen and oxygen atoms in total. The van der Waals surface area contributed by atoms with Crippen molar-refractivity contribution in [1.82, 2.24) is 19.7 Å². The van der Waals surface area contributed by atoms with Crippen LogP contribution < -0.4 is 5.32 Å². The Kier molecular flexibility index (Phi) is 3.37. The summed E-state index contributed by atoms with van der Waals surface area (Å²) in [6, 6.07) is 1.97. The van der Waals surface area contributed by atoms with Crippen molar-refractivity contribution < 1.29 is 0 Å². The minimum absolute atomic E-state index is 0.891. The summed E-state index contributed by atoms with van der Waals surface area (Å²) in [6.45, 7) is 2.15. The fraction of sp³-hybridized carbons (Fsp3) is 0.417. The molecule has 0 atom stereocenters. The minimum Gasteiger partial charge on any atom is -0.373 e. The summed E-state index contributed by atoms with van der Waals surface area (Å²) in [7, 11) is 3.78. The molecule has 0 bridgehead atoms. The highest BCUT2D eigenvalue weighted by atomic mass is 15.2. The van der Waals surface area contributed by atoms with Crippen LogP contribution in [-0.2, 0) is 13.5 Å². The van der Waals surface area contributed by atoms with E-state index in [1.165, 1.54) is 0 Å². The second kappa shape index (κ2) is 4.95. The standard InChI is InChI=1S/C12H17N5/c1-4-5-9-11(10-6-7-17(3)16-10)14-8-15-12(9)13-2/h6-8H,4-5H2,1-3H3,(H,13,14,15). The van der Waals surface area contributed by atoms with Crippen molar-refractivity contribution in [2.45, 2.75) is 19.8 Å². The number of aryl methyl sites for hydroxylation is 1. The molecule has 17 heavy (non-hydrogen) atoms. The van der Waals surface area contributed by atoms with Gasteiger partial charge in [-0.15, -0.1) is 0 Å². The van der Waals surface area contributed by atoms with Gasteiger partial charge in [0.2, 0.25) is 0 Å². The van der Waals surface area contributed by atoms with Gasteiger partial charge in [0.05, 0.1) is 5.69 Å². The highest BCUT2D eigenvalue weighted by molar-refractivity contribution is 5.64. The molecular formula is C12H17N5. The van der Waals surface area contributed by atoms with Gasteiger partial charge < -0.3 is 5.32 Å². The lowest BCUT2D eigenvalue weighted by Crippen LogP contribution is -2.03. The number of hydrogen-bond acceptors (Lipinski definition) is 4. The highest BCUT2D eigenvalue weighted by Crippen LogP contribution is 2.25. The summed E-state index contributed by atoms with van der Waals surface area (Å²) in [5, 5.41) is 7.51. The van der Waals surface area contributed by atoms with Crippen LogP contribution in [0.3, 0.4) is 0 Å². The van der Waals surface area contributed by atoms with Gasteiger partial charge in [-0.3, -0.25) is 4.68 Å². The molecule has 1 N–H and O–H groups in total. The largest absolute Gasteiger partial charge is 0.373 e. The maximum Gasteiger partial charge on any atom is 0.133 e. The van der Waals surface area contributed by atoms with E-state index >= 15 is 0 Å². The van der Waals surface area contributed by atoms with Crippen LogP contribution in [0.5, 0.6) is 0 Å². The molecule has 2 aromatic rings. The predicted octanol–water partition coefficient (Wildman–Crippen LogP) is 1.87. The van der Waals surface area contributed by atoms with E-state index in [0.717, 1.165) is 35.6 Å². The van der Waals surface area contributed by atoms with E-state index in [9.17, 15) is 0 Å². The molecule has 2 rings (SSSR count). The van der Waals surface area contributed by atoms with E-state index in [4.69, 9.17) is 0 Å². The van der Waals surface area contributed by atoms with E-state index in [0.29, 0.717) is 0 Å². The summed E-state index contributed by atoms with van der Waals surface area (Å²) in [5.74, 6) is 0.891. The van der Waals surface area contributed by atoms with Gasteiger partial charge in [-0.25, -0.2) is 9.97 Å². The molecule has 0 saturated carbocycles. The predicted molar refractivity (Wildman–Crippen MR) is 67.8 cm³/mol. The number of nitrogens with one attached hydrogen (secondary N) is 1. The van der Waals surface area contributed by atoms with Crippen molar-refractivity contribution >= 4 is 5.82 Å². The Morgan fingerprint density at radius 2 is 2.18 bits per heavy atom. The second-order valence-corrected chi connectivity index (χ2v) is 3.92. The lowest BCUT2D eigenvalue weighted by molar-refractivity contribution is 0.768. The van der Waals surface area contributed by atoms with E-state index in [1.54, 1.807) is 11.0 Å². The maximum atomic E-state index is 4.40. The van der Waals surface area contributed by atoms with Gasteiger partial charge in [0.25, 0.3) is 0 Å². The van der Waals surface area contributed by atoms with Crippen molar-refractivity contribution in [1.29, 1.82) is 0 Å². The molecule has 0 aliphatic heterocycles. The third-order valence-electron chi connectivity index (χ3n) is 2.64. The van der Waals surface area contributed by atoms with Gasteiger partial charge in [-0.05, 0) is 12.5 Å². The Hall–Kier alpha value is -1.91. The zero-order valence-corrected chi connectivity index (χ0v) is 10.4. The van der Waals surface area contributed by atoms with E-state index in [2.05, 4.69) is 27.3 Å². The van der Waals surface area contributed by atoms with Gasteiger partial charge >= 0.3 is 0 Å². The summed E-state index contributed by atoms with van der Waals surface area (Å²) >= 11 is 0. The SMILES string of the molecule is CCCc1c(NC)ncnc1-c1ccn(C)n1. The molecule has 0 fully saturated rings. The molecule has 0 radical (unpaired) electrons. The van der Waals surface area contributed by atoms with Crippen molar-refractivity contribution in [2.24, 2.45) is 7.05 Å². The fourth-order valence-electron chi connectivity index (χ4n) is 1.88. The van der Waals surface area contributed by atoms with Gasteiger partial charge in [0.1, 0.15) is 17.8 Å². The molecule has 5 heteroatoms. The first-order valence-electron chi connectivity index (χ1n) is 5.78. The average molecular weight is 231 g/mol. The Labute approximate surface area is 101 Å². The van der Waals surface area contributed by atoms with Crippen LogP contribution >= 0.6 is 0 Å². The number of hydrogen-bond donors (Lipinski definition) is 1. The lowest BCUT2D eigenvalue weighted by atomic mass is 10.1. The second-order valence-electron chi connectivity index (χ2n) is 3.92. The van der Waals surface area contributed by atoms with Crippen LogP contribution in [0.2, 0.25) is 0 Å². The average Bonchev–Trinajstić information content (AvgIpc) is 2.76. The van der Waals surface area contributed by atoms with Gasteiger partial charge in [-0.2, -0.15) is 5.10 Å². The van der Waals surface area contributed by atoms with Crippen LogP contribution in [0.15, 0.2) is 18.6 Å². The van der Waals surface area contributed by atoms with E-state index < -0.39 is 0 Å². The summed E-state index contributed by atoms with van der Waals surface area (Å²) in [4.78, 5) is 8.61. The van der Waals surface area contributed by atoms with Gasteiger partial charge in [0, 0.05) is 25.9 Å². The van der Waals surface area contributed by atoms with Gasteiger partial charge in [0.15, 0.2) is 0 Å². The first-order valence-corrected chi connectivity index (χ1v) is 5.78. The first kappa shape index (κ1) is 11.6. The van der Waals surface area contributed by atoms with Gasteiger partial charge in [-0.1, -0.05) is 13.3 Å². The molecule has 0 aliphatic carbocycles. The molecule has 0 saturated heterocycles. The molecule has 0 spiro atoms. The smallest absolute Gasteiger partial charge is 0.133 e. The number of rotatable bonds is 4. The lowest BCUT2D eigenvalue weighted by Gasteiger charge is -2.10. The van der Waals surface area contributed by atoms with E-state index in [1.807, 2.05) is 26.4 Å². The van der Waals surface area contributed by atoms with Crippen molar-refractivity contribution in [3.63, 3.8) is 0 Å². The topological polar surface area (TPSA) is 55.6 Å². The van der Waals surface area contributed by atoms with Crippen LogP contribution in [0, 0.1) is 0 Å². The first-order chi connectivity index (χ1) is 8.26. The number of nitrogens with zero attached hydrogens (tertiary/aromatic N) is 4. The van der Waals surface area contributed by atoms with E-state index in [-0.39, 0.29) is 0 Å². The minimum atomic E-state index is 0.891. The number of anilines is 1. The van der Waals surface area contributed by atoms with Crippen molar-refractivity contribution in [3.8, 4) is 11.4 Å².